The summed E-state index contributed by atoms with van der Waals surface area (Å²) in [4.78, 5) is 24.5. The Hall–Kier alpha value is -1.88. The molecule has 2 atom stereocenters. The van der Waals surface area contributed by atoms with Gasteiger partial charge in [0, 0.05) is 36.5 Å². The Kier molecular flexibility index (Phi) is 7.27. The highest BCUT2D eigenvalue weighted by Gasteiger charge is 2.33. The van der Waals surface area contributed by atoms with Gasteiger partial charge < -0.3 is 15.4 Å². The Balaban J connectivity index is 1.37. The third kappa shape index (κ3) is 6.06. The lowest BCUT2D eigenvalue weighted by Crippen LogP contribution is -2.48. The minimum absolute atomic E-state index is 0.00747. The van der Waals surface area contributed by atoms with E-state index in [4.69, 9.17) is 4.74 Å². The summed E-state index contributed by atoms with van der Waals surface area (Å²) >= 11 is 0. The van der Waals surface area contributed by atoms with Crippen molar-refractivity contribution in [3.05, 3.63) is 29.8 Å². The Morgan fingerprint density at radius 1 is 1.07 bits per heavy atom. The number of carbonyl (C=O) groups excluding carboxylic acids is 2. The van der Waals surface area contributed by atoms with E-state index in [1.54, 1.807) is 12.1 Å². The van der Waals surface area contributed by atoms with E-state index < -0.39 is 0 Å². The minimum Gasteiger partial charge on any atom is -0.494 e. The number of rotatable bonds is 10. The number of benzene rings is 1. The van der Waals surface area contributed by atoms with Crippen molar-refractivity contribution < 1.29 is 14.3 Å². The molecule has 2 aliphatic heterocycles. The van der Waals surface area contributed by atoms with Gasteiger partial charge in [-0.3, -0.25) is 9.59 Å². The van der Waals surface area contributed by atoms with Crippen LogP contribution in [0.2, 0.25) is 0 Å². The van der Waals surface area contributed by atoms with Crippen molar-refractivity contribution in [2.24, 2.45) is 0 Å². The van der Waals surface area contributed by atoms with Gasteiger partial charge in [0.15, 0.2) is 5.78 Å². The van der Waals surface area contributed by atoms with E-state index >= 15 is 0 Å². The van der Waals surface area contributed by atoms with Gasteiger partial charge in [-0.05, 0) is 56.4 Å². The summed E-state index contributed by atoms with van der Waals surface area (Å²) in [5, 5.41) is 6.69. The average Bonchev–Trinajstić information content (AvgIpc) is 3.02. The van der Waals surface area contributed by atoms with Gasteiger partial charge in [-0.1, -0.05) is 19.8 Å². The van der Waals surface area contributed by atoms with Crippen LogP contribution in [0.25, 0.3) is 0 Å². The van der Waals surface area contributed by atoms with E-state index in [0.29, 0.717) is 24.3 Å². The SMILES string of the molecule is CCCCCOc1ccc(C(=O)CCC(=O)NC2CC3CCC(C2)N3)cc1. The standard InChI is InChI=1S/C22H32N2O3/c1-2-3-4-13-27-20-9-5-16(6-10-20)21(25)11-12-22(26)24-19-14-17-7-8-18(15-19)23-17/h5-6,9-10,17-19,23H,2-4,7-8,11-15H2,1H3,(H,24,26). The van der Waals surface area contributed by atoms with E-state index in [1.165, 1.54) is 19.3 Å². The predicted molar refractivity (Wildman–Crippen MR) is 106 cm³/mol. The van der Waals surface area contributed by atoms with Gasteiger partial charge in [-0.15, -0.1) is 0 Å². The van der Waals surface area contributed by atoms with Crippen LogP contribution in [0.15, 0.2) is 24.3 Å². The summed E-state index contributed by atoms with van der Waals surface area (Å²) in [6.45, 7) is 2.87. The second-order valence-corrected chi connectivity index (χ2v) is 7.88. The highest BCUT2D eigenvalue weighted by atomic mass is 16.5. The largest absolute Gasteiger partial charge is 0.494 e. The summed E-state index contributed by atoms with van der Waals surface area (Å²) in [5.74, 6) is 0.791. The van der Waals surface area contributed by atoms with Crippen molar-refractivity contribution in [2.45, 2.75) is 82.8 Å². The molecule has 2 aliphatic rings. The maximum absolute atomic E-state index is 12.3. The molecule has 0 saturated carbocycles. The molecule has 0 aliphatic carbocycles. The number of amides is 1. The van der Waals surface area contributed by atoms with Crippen molar-refractivity contribution >= 4 is 11.7 Å². The fourth-order valence-electron chi connectivity index (χ4n) is 4.13. The van der Waals surface area contributed by atoms with Gasteiger partial charge in [-0.2, -0.15) is 0 Å². The Morgan fingerprint density at radius 2 is 1.78 bits per heavy atom. The number of unbranched alkanes of at least 4 members (excludes halogenated alkanes) is 2. The molecule has 2 fully saturated rings. The van der Waals surface area contributed by atoms with Gasteiger partial charge in [0.2, 0.25) is 5.91 Å². The number of piperidine rings is 1. The quantitative estimate of drug-likeness (QED) is 0.486. The maximum Gasteiger partial charge on any atom is 0.220 e. The zero-order valence-corrected chi connectivity index (χ0v) is 16.3. The van der Waals surface area contributed by atoms with E-state index in [0.717, 1.165) is 31.4 Å². The molecule has 148 valence electrons. The van der Waals surface area contributed by atoms with Crippen molar-refractivity contribution in [2.75, 3.05) is 6.61 Å². The van der Waals surface area contributed by atoms with Gasteiger partial charge in [-0.25, -0.2) is 0 Å². The number of ketones is 1. The van der Waals surface area contributed by atoms with Gasteiger partial charge >= 0.3 is 0 Å². The lowest BCUT2D eigenvalue weighted by molar-refractivity contribution is -0.122. The second kappa shape index (κ2) is 9.88. The predicted octanol–water partition coefficient (Wildman–Crippen LogP) is 3.62. The van der Waals surface area contributed by atoms with E-state index in [-0.39, 0.29) is 30.6 Å². The lowest BCUT2D eigenvalue weighted by Gasteiger charge is -2.29. The van der Waals surface area contributed by atoms with Crippen LogP contribution in [0.4, 0.5) is 0 Å². The molecule has 2 bridgehead atoms. The number of hydrogen-bond acceptors (Lipinski definition) is 4. The van der Waals surface area contributed by atoms with Crippen molar-refractivity contribution in [3.63, 3.8) is 0 Å². The fraction of sp³-hybridized carbons (Fsp3) is 0.636. The number of carbonyl (C=O) groups is 2. The van der Waals surface area contributed by atoms with Crippen LogP contribution in [-0.4, -0.2) is 36.4 Å². The second-order valence-electron chi connectivity index (χ2n) is 7.88. The molecular formula is C22H32N2O3. The zero-order valence-electron chi connectivity index (χ0n) is 16.3. The lowest BCUT2D eigenvalue weighted by atomic mass is 9.99. The monoisotopic (exact) mass is 372 g/mol. The number of Topliss-reactive ketones (excluding diaryl/α,β-unsaturated/α-hetero) is 1. The molecule has 1 aromatic carbocycles. The number of ether oxygens (including phenoxy) is 1. The molecule has 0 spiro atoms. The molecular weight excluding hydrogens is 340 g/mol. The first kappa shape index (κ1) is 19.9. The molecule has 2 saturated heterocycles. The summed E-state index contributed by atoms with van der Waals surface area (Å²) in [6.07, 6.45) is 8.34. The molecule has 2 heterocycles. The van der Waals surface area contributed by atoms with E-state index in [2.05, 4.69) is 17.6 Å². The Morgan fingerprint density at radius 3 is 2.44 bits per heavy atom. The third-order valence-corrected chi connectivity index (χ3v) is 5.61. The van der Waals surface area contributed by atoms with Crippen LogP contribution in [0.1, 0.15) is 75.1 Å². The van der Waals surface area contributed by atoms with Gasteiger partial charge in [0.25, 0.3) is 0 Å². The number of nitrogens with one attached hydrogen (secondary N) is 2. The first-order chi connectivity index (χ1) is 13.1. The highest BCUT2D eigenvalue weighted by molar-refractivity contribution is 5.98. The third-order valence-electron chi connectivity index (χ3n) is 5.61. The summed E-state index contributed by atoms with van der Waals surface area (Å²) in [6, 6.07) is 8.63. The van der Waals surface area contributed by atoms with Crippen LogP contribution in [0.3, 0.4) is 0 Å². The van der Waals surface area contributed by atoms with Crippen molar-refractivity contribution in [1.82, 2.24) is 10.6 Å². The molecule has 3 rings (SSSR count). The normalized spacial score (nSPS) is 23.8. The first-order valence-corrected chi connectivity index (χ1v) is 10.5. The molecule has 2 unspecified atom stereocenters. The van der Waals surface area contributed by atoms with Crippen molar-refractivity contribution in [1.29, 1.82) is 0 Å². The van der Waals surface area contributed by atoms with Crippen molar-refractivity contribution in [3.8, 4) is 5.75 Å². The first-order valence-electron chi connectivity index (χ1n) is 10.5. The molecule has 5 heteroatoms. The number of fused-ring (bicyclic) bond motifs is 2. The van der Waals surface area contributed by atoms with Crippen LogP contribution in [-0.2, 0) is 4.79 Å². The summed E-state index contributed by atoms with van der Waals surface area (Å²) in [5.41, 5.74) is 0.642. The van der Waals surface area contributed by atoms with Gasteiger partial charge in [0.1, 0.15) is 5.75 Å². The van der Waals surface area contributed by atoms with Crippen LogP contribution in [0, 0.1) is 0 Å². The Labute approximate surface area is 162 Å². The minimum atomic E-state index is -0.00877. The molecule has 0 aromatic heterocycles. The smallest absolute Gasteiger partial charge is 0.220 e. The van der Waals surface area contributed by atoms with Crippen LogP contribution >= 0.6 is 0 Å². The summed E-state index contributed by atoms with van der Waals surface area (Å²) in [7, 11) is 0. The fourth-order valence-corrected chi connectivity index (χ4v) is 4.13. The molecule has 2 N–H and O–H groups in total. The average molecular weight is 373 g/mol. The van der Waals surface area contributed by atoms with Crippen LogP contribution in [0.5, 0.6) is 5.75 Å². The highest BCUT2D eigenvalue weighted by Crippen LogP contribution is 2.26. The maximum atomic E-state index is 12.3. The Bertz CT molecular complexity index is 617. The summed E-state index contributed by atoms with van der Waals surface area (Å²) < 4.78 is 5.67. The van der Waals surface area contributed by atoms with E-state index in [1.807, 2.05) is 12.1 Å². The molecule has 0 radical (unpaired) electrons. The van der Waals surface area contributed by atoms with Gasteiger partial charge in [0.05, 0.1) is 6.61 Å². The zero-order chi connectivity index (χ0) is 19.1. The molecule has 5 nitrogen and oxygen atoms in total. The molecule has 27 heavy (non-hydrogen) atoms. The number of hydrogen-bond donors (Lipinski definition) is 2. The molecule has 1 amide bonds. The van der Waals surface area contributed by atoms with E-state index in [9.17, 15) is 9.59 Å². The van der Waals surface area contributed by atoms with Crippen LogP contribution < -0.4 is 15.4 Å². The topological polar surface area (TPSA) is 67.4 Å². The molecule has 1 aromatic rings.